The van der Waals surface area contributed by atoms with Gasteiger partial charge in [-0.05, 0) is 86.6 Å². The molecule has 0 saturated heterocycles. The highest BCUT2D eigenvalue weighted by Gasteiger charge is 2.19. The molecule has 40 heavy (non-hydrogen) atoms. The van der Waals surface area contributed by atoms with Crippen molar-refractivity contribution in [2.24, 2.45) is 11.7 Å². The number of primary amides is 1. The van der Waals surface area contributed by atoms with Crippen LogP contribution in [0.5, 0.6) is 5.75 Å². The van der Waals surface area contributed by atoms with Gasteiger partial charge < -0.3 is 19.8 Å². The lowest BCUT2D eigenvalue weighted by Gasteiger charge is -2.17. The molecule has 2 rings (SSSR count). The van der Waals surface area contributed by atoms with Crippen molar-refractivity contribution in [3.05, 3.63) is 93.7 Å². The molecule has 0 aliphatic rings. The van der Waals surface area contributed by atoms with E-state index in [0.717, 1.165) is 33.6 Å². The number of benzene rings is 1. The van der Waals surface area contributed by atoms with E-state index in [1.807, 2.05) is 52.8 Å². The number of carbonyl (C=O) groups is 2. The highest BCUT2D eigenvalue weighted by Crippen LogP contribution is 2.30. The average molecular weight is 555 g/mol. The zero-order valence-electron chi connectivity index (χ0n) is 24.8. The molecule has 1 amide bonds. The topological polar surface area (TPSA) is 101 Å². The lowest BCUT2D eigenvalue weighted by Crippen LogP contribution is -2.33. The van der Waals surface area contributed by atoms with Gasteiger partial charge in [0.2, 0.25) is 5.91 Å². The maximum atomic E-state index is 14.4. The van der Waals surface area contributed by atoms with E-state index in [2.05, 4.69) is 6.58 Å². The number of carbonyl (C=O) groups excluding carboxylic acids is 2. The number of methoxy groups -OCH3 is 1. The maximum absolute atomic E-state index is 14.4. The summed E-state index contributed by atoms with van der Waals surface area (Å²) in [6, 6.07) is 8.08. The number of esters is 1. The number of hydrogen-bond acceptors (Lipinski definition) is 5. The second-order valence-electron chi connectivity index (χ2n) is 9.97. The zero-order chi connectivity index (χ0) is 30.4. The van der Waals surface area contributed by atoms with Gasteiger partial charge in [0.25, 0.3) is 5.56 Å². The summed E-state index contributed by atoms with van der Waals surface area (Å²) in [5.41, 5.74) is 9.55. The van der Waals surface area contributed by atoms with Gasteiger partial charge >= 0.3 is 5.97 Å². The van der Waals surface area contributed by atoms with E-state index in [1.165, 1.54) is 16.7 Å². The van der Waals surface area contributed by atoms with E-state index in [0.29, 0.717) is 18.9 Å². The number of aromatic nitrogens is 1. The first-order valence-electron chi connectivity index (χ1n) is 13.3. The third kappa shape index (κ3) is 11.4. The van der Waals surface area contributed by atoms with Crippen molar-refractivity contribution in [3.8, 4) is 5.75 Å². The molecular formula is C32H43FN2O5. The minimum absolute atomic E-state index is 0.0145. The Bertz CT molecular complexity index is 1270. The van der Waals surface area contributed by atoms with Crippen LogP contribution in [0, 0.1) is 19.8 Å². The molecule has 0 saturated carbocycles. The van der Waals surface area contributed by atoms with Crippen LogP contribution in [0.3, 0.4) is 0 Å². The highest BCUT2D eigenvalue weighted by atomic mass is 19.1. The Hall–Kier alpha value is -3.94. The molecule has 0 bridgehead atoms. The molecule has 7 nitrogen and oxygen atoms in total. The molecular weight excluding hydrogens is 511 g/mol. The van der Waals surface area contributed by atoms with Crippen LogP contribution in [0.2, 0.25) is 0 Å². The molecule has 0 aliphatic heterocycles. The van der Waals surface area contributed by atoms with Crippen molar-refractivity contribution in [2.75, 3.05) is 13.7 Å². The number of nitrogens with zero attached hydrogens (tertiary/aromatic N) is 1. The molecule has 1 aromatic carbocycles. The van der Waals surface area contributed by atoms with Crippen LogP contribution in [0.25, 0.3) is 5.57 Å². The van der Waals surface area contributed by atoms with Crippen molar-refractivity contribution in [1.82, 2.24) is 4.57 Å². The normalized spacial score (nSPS) is 12.3. The number of halogens is 1. The van der Waals surface area contributed by atoms with Gasteiger partial charge in [-0.3, -0.25) is 14.4 Å². The maximum Gasteiger partial charge on any atom is 0.306 e. The van der Waals surface area contributed by atoms with E-state index < -0.39 is 17.9 Å². The van der Waals surface area contributed by atoms with Gasteiger partial charge in [-0.1, -0.05) is 38.1 Å². The summed E-state index contributed by atoms with van der Waals surface area (Å²) >= 11 is 0. The van der Waals surface area contributed by atoms with Crippen molar-refractivity contribution >= 4 is 17.4 Å². The van der Waals surface area contributed by atoms with Gasteiger partial charge in [0.15, 0.2) is 0 Å². The van der Waals surface area contributed by atoms with Crippen LogP contribution in [-0.4, -0.2) is 30.2 Å². The minimum atomic E-state index is -0.543. The van der Waals surface area contributed by atoms with Crippen LogP contribution < -0.4 is 16.0 Å². The minimum Gasteiger partial charge on any atom is -0.497 e. The number of rotatable bonds is 12. The Morgan fingerprint density at radius 3 is 2.23 bits per heavy atom. The molecule has 0 radical (unpaired) electrons. The van der Waals surface area contributed by atoms with Gasteiger partial charge in [0.1, 0.15) is 17.6 Å². The predicted molar refractivity (Wildman–Crippen MR) is 159 cm³/mol. The van der Waals surface area contributed by atoms with E-state index in [-0.39, 0.29) is 24.2 Å². The molecule has 1 atom stereocenters. The van der Waals surface area contributed by atoms with Crippen LogP contribution in [0.1, 0.15) is 69.7 Å². The van der Waals surface area contributed by atoms with Crippen molar-refractivity contribution < 1.29 is 23.5 Å². The lowest BCUT2D eigenvalue weighted by atomic mass is 9.93. The second kappa shape index (κ2) is 16.9. The number of allylic oxidation sites excluding steroid dienone is 5. The second-order valence-corrected chi connectivity index (χ2v) is 9.97. The standard InChI is InChI=1S/C21H27FO3.C11H16N2O2/c1-7-25-20(23)9-8-18(22)13-17(10-14(2)3)21-15(4)11-19(24-6)12-16(21)5;1-8(2)7-9(11(12)15)13-6-4-3-5-10(13)14/h10-13H,2,7-9H2,1,3-6H3;3-6,8-9H,7H2,1-2H3,(H2,12,15)/b17-10+,18-13-;. The summed E-state index contributed by atoms with van der Waals surface area (Å²) in [5, 5.41) is 0. The first-order chi connectivity index (χ1) is 18.8. The highest BCUT2D eigenvalue weighted by molar-refractivity contribution is 5.80. The Morgan fingerprint density at radius 2 is 1.75 bits per heavy atom. The quantitative estimate of drug-likeness (QED) is 0.242. The van der Waals surface area contributed by atoms with Crippen LogP contribution >= 0.6 is 0 Å². The SMILES string of the molecule is C=C(C)/C=C(\C=C(/F)CCC(=O)OCC)c1c(C)cc(OC)cc1C.CC(C)CC(C(N)=O)n1ccccc1=O. The zero-order valence-corrected chi connectivity index (χ0v) is 24.8. The number of nitrogens with two attached hydrogens (primary N) is 1. The van der Waals surface area contributed by atoms with Crippen molar-refractivity contribution in [1.29, 1.82) is 0 Å². The summed E-state index contributed by atoms with van der Waals surface area (Å²) in [6.45, 7) is 15.7. The Morgan fingerprint density at radius 1 is 1.12 bits per heavy atom. The van der Waals surface area contributed by atoms with E-state index in [1.54, 1.807) is 32.4 Å². The van der Waals surface area contributed by atoms with Crippen molar-refractivity contribution in [3.63, 3.8) is 0 Å². The van der Waals surface area contributed by atoms with E-state index in [9.17, 15) is 18.8 Å². The van der Waals surface area contributed by atoms with Gasteiger partial charge in [-0.2, -0.15) is 0 Å². The van der Waals surface area contributed by atoms with Crippen LogP contribution in [0.4, 0.5) is 4.39 Å². The Labute approximate surface area is 237 Å². The molecule has 0 fully saturated rings. The molecule has 2 N–H and O–H groups in total. The average Bonchev–Trinajstić information content (AvgIpc) is 2.86. The molecule has 1 unspecified atom stereocenters. The van der Waals surface area contributed by atoms with Gasteiger partial charge in [0.05, 0.1) is 20.1 Å². The van der Waals surface area contributed by atoms with Gasteiger partial charge in [-0.15, -0.1) is 0 Å². The smallest absolute Gasteiger partial charge is 0.306 e. The molecule has 8 heteroatoms. The fourth-order valence-corrected chi connectivity index (χ4v) is 4.15. The summed E-state index contributed by atoms with van der Waals surface area (Å²) in [6.07, 6.45) is 5.53. The first-order valence-corrected chi connectivity index (χ1v) is 13.3. The fraction of sp³-hybridized carbons (Fsp3) is 0.406. The summed E-state index contributed by atoms with van der Waals surface area (Å²) in [5.74, 6) is -0.143. The predicted octanol–water partition coefficient (Wildman–Crippen LogP) is 6.39. The van der Waals surface area contributed by atoms with E-state index >= 15 is 0 Å². The molecule has 1 aromatic heterocycles. The Kier molecular flexibility index (Phi) is 14.4. The fourth-order valence-electron chi connectivity index (χ4n) is 4.15. The van der Waals surface area contributed by atoms with Gasteiger partial charge in [0, 0.05) is 18.7 Å². The number of amides is 1. The summed E-state index contributed by atoms with van der Waals surface area (Å²) in [4.78, 5) is 34.2. The number of ether oxygens (including phenoxy) is 2. The third-order valence-electron chi connectivity index (χ3n) is 5.83. The number of hydrogen-bond donors (Lipinski definition) is 1. The molecule has 1 heterocycles. The largest absolute Gasteiger partial charge is 0.497 e. The number of aryl methyl sites for hydroxylation is 2. The monoisotopic (exact) mass is 554 g/mol. The van der Waals surface area contributed by atoms with Crippen LogP contribution in [-0.2, 0) is 14.3 Å². The summed E-state index contributed by atoms with van der Waals surface area (Å²) in [7, 11) is 1.62. The third-order valence-corrected chi connectivity index (χ3v) is 5.83. The molecule has 0 spiro atoms. The molecule has 218 valence electrons. The van der Waals surface area contributed by atoms with E-state index in [4.69, 9.17) is 15.2 Å². The number of pyridine rings is 1. The summed E-state index contributed by atoms with van der Waals surface area (Å²) < 4.78 is 25.9. The Balaban J connectivity index is 0.000000453. The first kappa shape index (κ1) is 34.1. The lowest BCUT2D eigenvalue weighted by molar-refractivity contribution is -0.143. The van der Waals surface area contributed by atoms with Crippen molar-refractivity contribution in [2.45, 2.75) is 66.8 Å². The van der Waals surface area contributed by atoms with Crippen LogP contribution in [0.15, 0.2) is 71.5 Å². The molecule has 2 aromatic rings. The van der Waals surface area contributed by atoms with Gasteiger partial charge in [-0.25, -0.2) is 4.39 Å². The molecule has 0 aliphatic carbocycles.